The van der Waals surface area contributed by atoms with Crippen LogP contribution in [0.15, 0.2) is 97.1 Å². The largest absolute Gasteiger partial charge is 0.311 e. The van der Waals surface area contributed by atoms with E-state index < -0.39 is 0 Å². The van der Waals surface area contributed by atoms with Gasteiger partial charge in [0.05, 0.1) is 11.7 Å². The van der Waals surface area contributed by atoms with Crippen molar-refractivity contribution in [2.24, 2.45) is 0 Å². The minimum atomic E-state index is 0.846. The molecule has 4 heteroatoms. The quantitative estimate of drug-likeness (QED) is 0.312. The second-order valence-corrected chi connectivity index (χ2v) is 7.88. The van der Waals surface area contributed by atoms with Crippen LogP contribution < -0.4 is 4.90 Å². The van der Waals surface area contributed by atoms with Gasteiger partial charge in [-0.15, -0.1) is 0 Å². The monoisotopic (exact) mass is 407 g/mol. The van der Waals surface area contributed by atoms with Crippen LogP contribution >= 0.6 is 11.7 Å². The van der Waals surface area contributed by atoms with E-state index in [0.717, 1.165) is 34.5 Å². The van der Waals surface area contributed by atoms with E-state index in [-0.39, 0.29) is 0 Å². The molecule has 1 aromatic heterocycles. The predicted molar refractivity (Wildman–Crippen MR) is 126 cm³/mol. The van der Waals surface area contributed by atoms with Crippen molar-refractivity contribution in [2.45, 2.75) is 13.3 Å². The van der Waals surface area contributed by atoms with Crippen LogP contribution in [0.25, 0.3) is 11.0 Å². The number of nitrogens with zero attached hydrogens (tertiary/aromatic N) is 3. The Labute approximate surface area is 180 Å². The van der Waals surface area contributed by atoms with Gasteiger partial charge in [0.1, 0.15) is 11.0 Å². The molecular weight excluding hydrogens is 386 g/mol. The molecule has 0 spiro atoms. The Hall–Kier alpha value is -3.50. The van der Waals surface area contributed by atoms with E-state index in [0.29, 0.717) is 0 Å². The number of rotatable bonds is 5. The number of anilines is 3. The molecule has 30 heavy (non-hydrogen) atoms. The molecule has 0 saturated carbocycles. The summed E-state index contributed by atoms with van der Waals surface area (Å²) in [6.45, 7) is 2.09. The normalized spacial score (nSPS) is 11.0. The smallest absolute Gasteiger partial charge is 0.108 e. The lowest BCUT2D eigenvalue weighted by Crippen LogP contribution is -2.09. The minimum absolute atomic E-state index is 0.846. The number of aryl methyl sites for hydroxylation is 1. The average Bonchev–Trinajstić information content (AvgIpc) is 3.30. The Kier molecular flexibility index (Phi) is 4.99. The van der Waals surface area contributed by atoms with Crippen LogP contribution in [-0.2, 0) is 6.42 Å². The molecule has 0 amide bonds. The Morgan fingerprint density at radius 1 is 0.633 bits per heavy atom. The van der Waals surface area contributed by atoms with Crippen molar-refractivity contribution in [3.8, 4) is 0 Å². The number of para-hydroxylation sites is 2. The summed E-state index contributed by atoms with van der Waals surface area (Å²) in [4.78, 5) is 2.28. The molecule has 5 rings (SSSR count). The fourth-order valence-corrected chi connectivity index (χ4v) is 4.41. The SMILES string of the molecule is Cc1ccc(Cc2ccc(N(c3ccccc3)c3ccccc3)cc2)c2nsnc12. The minimum Gasteiger partial charge on any atom is -0.311 e. The van der Waals surface area contributed by atoms with Crippen LogP contribution in [0.1, 0.15) is 16.7 Å². The highest BCUT2D eigenvalue weighted by atomic mass is 32.1. The molecule has 0 fully saturated rings. The fraction of sp³-hybridized carbons (Fsp3) is 0.0769. The average molecular weight is 408 g/mol. The summed E-state index contributed by atoms with van der Waals surface area (Å²) < 4.78 is 8.97. The van der Waals surface area contributed by atoms with E-state index in [2.05, 4.69) is 105 Å². The molecule has 1 heterocycles. The molecule has 5 aromatic rings. The van der Waals surface area contributed by atoms with Crippen LogP contribution in [0, 0.1) is 6.92 Å². The zero-order chi connectivity index (χ0) is 20.3. The molecule has 0 aliphatic carbocycles. The maximum atomic E-state index is 4.52. The first-order valence-corrected chi connectivity index (χ1v) is 10.7. The van der Waals surface area contributed by atoms with Gasteiger partial charge in [-0.2, -0.15) is 8.75 Å². The van der Waals surface area contributed by atoms with Crippen LogP contribution in [0.4, 0.5) is 17.1 Å². The van der Waals surface area contributed by atoms with E-state index in [1.165, 1.54) is 28.4 Å². The molecular formula is C26H21N3S. The number of benzene rings is 4. The number of hydrogen-bond donors (Lipinski definition) is 0. The molecule has 146 valence electrons. The lowest BCUT2D eigenvalue weighted by Gasteiger charge is -2.25. The topological polar surface area (TPSA) is 29.0 Å². The number of aromatic nitrogens is 2. The summed E-state index contributed by atoms with van der Waals surface area (Å²) >= 11 is 1.29. The Balaban J connectivity index is 1.48. The molecule has 0 saturated heterocycles. The standard InChI is InChI=1S/C26H21N3S/c1-19-12-15-21(26-25(19)27-30-28-26)18-20-13-16-24(17-14-20)29(22-8-4-2-5-9-22)23-10-6-3-7-11-23/h2-17H,18H2,1H3. The van der Waals surface area contributed by atoms with Crippen LogP contribution in [-0.4, -0.2) is 8.75 Å². The van der Waals surface area contributed by atoms with Crippen molar-refractivity contribution >= 4 is 39.8 Å². The first-order valence-electron chi connectivity index (χ1n) is 9.99. The van der Waals surface area contributed by atoms with E-state index in [1.54, 1.807) is 0 Å². The van der Waals surface area contributed by atoms with Gasteiger partial charge >= 0.3 is 0 Å². The van der Waals surface area contributed by atoms with Gasteiger partial charge in [-0.25, -0.2) is 0 Å². The van der Waals surface area contributed by atoms with Crippen molar-refractivity contribution < 1.29 is 0 Å². The van der Waals surface area contributed by atoms with Gasteiger partial charge in [-0.1, -0.05) is 60.7 Å². The van der Waals surface area contributed by atoms with Crippen LogP contribution in [0.5, 0.6) is 0 Å². The zero-order valence-corrected chi connectivity index (χ0v) is 17.5. The van der Waals surface area contributed by atoms with Gasteiger partial charge in [0, 0.05) is 17.1 Å². The third-order valence-electron chi connectivity index (χ3n) is 5.32. The lowest BCUT2D eigenvalue weighted by atomic mass is 10.0. The molecule has 0 aliphatic heterocycles. The fourth-order valence-electron chi connectivity index (χ4n) is 3.77. The van der Waals surface area contributed by atoms with Gasteiger partial charge in [-0.05, 0) is 66.4 Å². The van der Waals surface area contributed by atoms with E-state index in [1.807, 2.05) is 12.1 Å². The summed E-state index contributed by atoms with van der Waals surface area (Å²) in [6, 6.07) is 34.1. The van der Waals surface area contributed by atoms with Crippen molar-refractivity contribution in [2.75, 3.05) is 4.90 Å². The Morgan fingerprint density at radius 2 is 1.20 bits per heavy atom. The third kappa shape index (κ3) is 3.58. The highest BCUT2D eigenvalue weighted by molar-refractivity contribution is 7.00. The summed E-state index contributed by atoms with van der Waals surface area (Å²) in [5.41, 5.74) is 9.14. The van der Waals surface area contributed by atoms with Crippen molar-refractivity contribution in [1.29, 1.82) is 0 Å². The molecule has 0 radical (unpaired) electrons. The maximum Gasteiger partial charge on any atom is 0.108 e. The highest BCUT2D eigenvalue weighted by Crippen LogP contribution is 2.34. The third-order valence-corrected chi connectivity index (χ3v) is 5.85. The van der Waals surface area contributed by atoms with Gasteiger partial charge in [-0.3, -0.25) is 0 Å². The molecule has 0 bridgehead atoms. The van der Waals surface area contributed by atoms with Crippen molar-refractivity contribution in [1.82, 2.24) is 8.75 Å². The second-order valence-electron chi connectivity index (χ2n) is 7.35. The van der Waals surface area contributed by atoms with E-state index >= 15 is 0 Å². The number of fused-ring (bicyclic) bond motifs is 1. The molecule has 0 atom stereocenters. The van der Waals surface area contributed by atoms with Crippen molar-refractivity contribution in [3.05, 3.63) is 114 Å². The first-order chi connectivity index (χ1) is 14.8. The van der Waals surface area contributed by atoms with E-state index in [9.17, 15) is 0 Å². The van der Waals surface area contributed by atoms with Gasteiger partial charge < -0.3 is 4.90 Å². The number of hydrogen-bond acceptors (Lipinski definition) is 4. The van der Waals surface area contributed by atoms with Gasteiger partial charge in [0.2, 0.25) is 0 Å². The maximum absolute atomic E-state index is 4.52. The van der Waals surface area contributed by atoms with Crippen molar-refractivity contribution in [3.63, 3.8) is 0 Å². The first kappa shape index (κ1) is 18.5. The zero-order valence-electron chi connectivity index (χ0n) is 16.7. The van der Waals surface area contributed by atoms with Crippen LogP contribution in [0.2, 0.25) is 0 Å². The molecule has 3 nitrogen and oxygen atoms in total. The summed E-state index contributed by atoms with van der Waals surface area (Å²) in [5, 5.41) is 0. The molecule has 0 aliphatic rings. The lowest BCUT2D eigenvalue weighted by molar-refractivity contribution is 1.19. The molecule has 0 unspecified atom stereocenters. The second kappa shape index (κ2) is 8.09. The van der Waals surface area contributed by atoms with Crippen LogP contribution in [0.3, 0.4) is 0 Å². The summed E-state index contributed by atoms with van der Waals surface area (Å²) in [6.07, 6.45) is 0.846. The summed E-state index contributed by atoms with van der Waals surface area (Å²) in [7, 11) is 0. The van der Waals surface area contributed by atoms with Gasteiger partial charge in [0.15, 0.2) is 0 Å². The molecule has 0 N–H and O–H groups in total. The molecule has 4 aromatic carbocycles. The van der Waals surface area contributed by atoms with E-state index in [4.69, 9.17) is 0 Å². The Morgan fingerprint density at radius 3 is 1.83 bits per heavy atom. The predicted octanol–water partition coefficient (Wildman–Crippen LogP) is 7.06. The highest BCUT2D eigenvalue weighted by Gasteiger charge is 2.13. The van der Waals surface area contributed by atoms with Gasteiger partial charge in [0.25, 0.3) is 0 Å². The Bertz CT molecular complexity index is 1220. The summed E-state index contributed by atoms with van der Waals surface area (Å²) in [5.74, 6) is 0.